The lowest BCUT2D eigenvalue weighted by atomic mass is 9.95. The number of aliphatic imine (C=N–C) groups is 2. The lowest BCUT2D eigenvalue weighted by Gasteiger charge is -2.34. The summed E-state index contributed by atoms with van der Waals surface area (Å²) in [5.74, 6) is 3.87. The molecule has 0 radical (unpaired) electrons. The van der Waals surface area contributed by atoms with Gasteiger partial charge in [-0.15, -0.1) is 11.8 Å². The van der Waals surface area contributed by atoms with Crippen molar-refractivity contribution in [1.29, 1.82) is 0 Å². The number of nitrogens with one attached hydrogen (secondary N) is 1. The van der Waals surface area contributed by atoms with E-state index in [1.807, 2.05) is 31.3 Å². The number of rotatable bonds is 8. The average molecular weight is 537 g/mol. The van der Waals surface area contributed by atoms with Gasteiger partial charge in [0.05, 0.1) is 5.60 Å². The van der Waals surface area contributed by atoms with E-state index in [1.54, 1.807) is 31.6 Å². The zero-order chi connectivity index (χ0) is 27.3. The van der Waals surface area contributed by atoms with Gasteiger partial charge in [0, 0.05) is 54.8 Å². The van der Waals surface area contributed by atoms with Crippen LogP contribution in [-0.2, 0) is 0 Å². The largest absolute Gasteiger partial charge is 0.449 e. The number of thioether (sulfide) groups is 1. The molecule has 38 heavy (non-hydrogen) atoms. The number of aliphatic hydroxyl groups is 1. The first-order chi connectivity index (χ1) is 18.1. The van der Waals surface area contributed by atoms with Crippen LogP contribution in [0.3, 0.4) is 0 Å². The molecule has 3 aromatic rings. The van der Waals surface area contributed by atoms with Gasteiger partial charge in [0.25, 0.3) is 0 Å². The maximum atomic E-state index is 10.2. The number of piperidine rings is 1. The number of pyridine rings is 2. The molecule has 4 rings (SSSR count). The molecule has 0 aliphatic carbocycles. The Morgan fingerprint density at radius 1 is 1.26 bits per heavy atom. The third-order valence-corrected chi connectivity index (χ3v) is 7.54. The highest BCUT2D eigenvalue weighted by atomic mass is 32.2. The third-order valence-electron chi connectivity index (χ3n) is 6.13. The van der Waals surface area contributed by atoms with Gasteiger partial charge in [0.2, 0.25) is 0 Å². The number of allylic oxidation sites excluding steroid dienone is 1. The average Bonchev–Trinajstić information content (AvgIpc) is 3.37. The van der Waals surface area contributed by atoms with E-state index in [0.717, 1.165) is 42.4 Å². The molecule has 2 N–H and O–H groups in total. The van der Waals surface area contributed by atoms with E-state index in [2.05, 4.69) is 43.8 Å². The number of amidine groups is 2. The highest BCUT2D eigenvalue weighted by Gasteiger charge is 2.23. The number of hydrogen-bond donors (Lipinski definition) is 2. The van der Waals surface area contributed by atoms with E-state index in [9.17, 15) is 5.11 Å². The molecule has 1 aliphatic heterocycles. The van der Waals surface area contributed by atoms with Crippen molar-refractivity contribution in [3.05, 3.63) is 49.2 Å². The normalized spacial score (nSPS) is 15.7. The van der Waals surface area contributed by atoms with E-state index >= 15 is 0 Å². The van der Waals surface area contributed by atoms with Crippen molar-refractivity contribution in [1.82, 2.24) is 29.8 Å². The summed E-state index contributed by atoms with van der Waals surface area (Å²) in [5.41, 5.74) is 0.883. The molecule has 3 aromatic heterocycles. The molecule has 0 aromatic carbocycles. The first-order valence-corrected chi connectivity index (χ1v) is 13.6. The second-order valence-electron chi connectivity index (χ2n) is 10.0. The van der Waals surface area contributed by atoms with Crippen LogP contribution >= 0.6 is 11.8 Å². The van der Waals surface area contributed by atoms with Crippen molar-refractivity contribution in [2.24, 2.45) is 15.9 Å². The monoisotopic (exact) mass is 536 g/mol. The molecule has 1 aliphatic rings. The molecule has 10 nitrogen and oxygen atoms in total. The van der Waals surface area contributed by atoms with Crippen LogP contribution in [0.2, 0.25) is 0 Å². The minimum absolute atomic E-state index is 0.329. The second-order valence-corrected chi connectivity index (χ2v) is 11.1. The smallest absolute Gasteiger partial charge is 0.198 e. The molecule has 202 valence electrons. The van der Waals surface area contributed by atoms with Gasteiger partial charge < -0.3 is 20.1 Å². The lowest BCUT2D eigenvalue weighted by Crippen LogP contribution is -2.41. The summed E-state index contributed by atoms with van der Waals surface area (Å²) in [6, 6.07) is 5.56. The van der Waals surface area contributed by atoms with Crippen LogP contribution in [-0.4, -0.2) is 72.8 Å². The van der Waals surface area contributed by atoms with E-state index in [0.29, 0.717) is 40.5 Å². The maximum Gasteiger partial charge on any atom is 0.198 e. The number of fused-ring (bicyclic) bond motifs is 1. The second kappa shape index (κ2) is 12.0. The molecule has 1 saturated heterocycles. The Bertz CT molecular complexity index is 1340. The Hall–Kier alpha value is -3.44. The van der Waals surface area contributed by atoms with E-state index in [-0.39, 0.29) is 0 Å². The van der Waals surface area contributed by atoms with Crippen LogP contribution in [0.4, 0.5) is 5.82 Å². The Labute approximate surface area is 228 Å². The molecule has 0 saturated carbocycles. The van der Waals surface area contributed by atoms with Gasteiger partial charge in [-0.05, 0) is 58.7 Å². The standard InChI is InChI=1S/C27H36N8O2S/c1-18(2)34-12-9-20(10-13-34)24(28-6)32-19(3)33-25-23(14-21(15-29-25)38-16-27(4,5)36)37-22-8-7-11-35-26(22)30-17-31-35/h7-8,11,14-15,17,20,36H,1,9-10,12-13,16H2,2-6H3,(H,28,29,32,33). The van der Waals surface area contributed by atoms with Crippen molar-refractivity contribution in [3.8, 4) is 11.5 Å². The van der Waals surface area contributed by atoms with Crippen molar-refractivity contribution in [3.63, 3.8) is 0 Å². The fourth-order valence-corrected chi connectivity index (χ4v) is 5.02. The van der Waals surface area contributed by atoms with E-state index in [1.165, 1.54) is 18.1 Å². The number of aromatic nitrogens is 4. The highest BCUT2D eigenvalue weighted by Crippen LogP contribution is 2.35. The van der Waals surface area contributed by atoms with Gasteiger partial charge in [-0.25, -0.2) is 19.5 Å². The minimum atomic E-state index is -0.813. The molecule has 0 spiro atoms. The zero-order valence-electron chi connectivity index (χ0n) is 22.7. The number of likely N-dealkylation sites (tertiary alicyclic amines) is 1. The van der Waals surface area contributed by atoms with Crippen LogP contribution < -0.4 is 10.1 Å². The maximum absolute atomic E-state index is 10.2. The van der Waals surface area contributed by atoms with Crippen molar-refractivity contribution >= 4 is 34.9 Å². The SMILES string of the molecule is C=C(C)N1CCC(C(=NC)N/C(C)=N/c2ncc(SCC(C)(C)O)cc2Oc2cccn3ncnc23)CC1. The summed E-state index contributed by atoms with van der Waals surface area (Å²) in [5, 5.41) is 17.8. The Kier molecular flexibility index (Phi) is 8.68. The lowest BCUT2D eigenvalue weighted by molar-refractivity contribution is 0.107. The Morgan fingerprint density at radius 2 is 2.03 bits per heavy atom. The summed E-state index contributed by atoms with van der Waals surface area (Å²) in [6.45, 7) is 13.5. The molecule has 1 fully saturated rings. The van der Waals surface area contributed by atoms with Crippen molar-refractivity contribution in [2.75, 3.05) is 25.9 Å². The molecule has 0 bridgehead atoms. The summed E-state index contributed by atoms with van der Waals surface area (Å²) >= 11 is 1.50. The van der Waals surface area contributed by atoms with Crippen LogP contribution in [0.25, 0.3) is 5.65 Å². The van der Waals surface area contributed by atoms with Crippen LogP contribution in [0.1, 0.15) is 40.5 Å². The third kappa shape index (κ3) is 7.11. The predicted octanol–water partition coefficient (Wildman–Crippen LogP) is 4.69. The minimum Gasteiger partial charge on any atom is -0.449 e. The predicted molar refractivity (Wildman–Crippen MR) is 153 cm³/mol. The Morgan fingerprint density at radius 3 is 2.71 bits per heavy atom. The topological polar surface area (TPSA) is 113 Å². The van der Waals surface area contributed by atoms with Gasteiger partial charge in [0.1, 0.15) is 18.0 Å². The van der Waals surface area contributed by atoms with Crippen molar-refractivity contribution < 1.29 is 9.84 Å². The molecule has 4 heterocycles. The van der Waals surface area contributed by atoms with Gasteiger partial charge >= 0.3 is 0 Å². The summed E-state index contributed by atoms with van der Waals surface area (Å²) in [7, 11) is 1.81. The van der Waals surface area contributed by atoms with Crippen LogP contribution in [0, 0.1) is 5.92 Å². The van der Waals surface area contributed by atoms with Crippen LogP contribution in [0.15, 0.2) is 64.1 Å². The van der Waals surface area contributed by atoms with Gasteiger partial charge in [-0.3, -0.25) is 4.99 Å². The summed E-state index contributed by atoms with van der Waals surface area (Å²) in [4.78, 5) is 21.4. The molecule has 0 atom stereocenters. The number of ether oxygens (including phenoxy) is 1. The van der Waals surface area contributed by atoms with E-state index < -0.39 is 5.60 Å². The fraction of sp³-hybridized carbons (Fsp3) is 0.444. The molecule has 0 amide bonds. The molecule has 0 unspecified atom stereocenters. The van der Waals surface area contributed by atoms with Gasteiger partial charge in [-0.2, -0.15) is 5.10 Å². The number of hydrogen-bond acceptors (Lipinski definition) is 9. The van der Waals surface area contributed by atoms with Crippen LogP contribution in [0.5, 0.6) is 11.5 Å². The first kappa shape index (κ1) is 27.6. The quantitative estimate of drug-likeness (QED) is 0.242. The number of nitrogens with zero attached hydrogens (tertiary/aromatic N) is 7. The Balaban J connectivity index is 1.57. The van der Waals surface area contributed by atoms with Gasteiger partial charge in [0.15, 0.2) is 23.0 Å². The first-order valence-electron chi connectivity index (χ1n) is 12.6. The molecular formula is C27H36N8O2S. The molecule has 11 heteroatoms. The van der Waals surface area contributed by atoms with Gasteiger partial charge in [-0.1, -0.05) is 6.58 Å². The highest BCUT2D eigenvalue weighted by molar-refractivity contribution is 7.99. The fourth-order valence-electron chi connectivity index (χ4n) is 4.18. The van der Waals surface area contributed by atoms with E-state index in [4.69, 9.17) is 9.73 Å². The van der Waals surface area contributed by atoms with Crippen molar-refractivity contribution in [2.45, 2.75) is 51.0 Å². The zero-order valence-corrected chi connectivity index (χ0v) is 23.5. The summed E-state index contributed by atoms with van der Waals surface area (Å²) in [6.07, 6.45) is 7.04. The summed E-state index contributed by atoms with van der Waals surface area (Å²) < 4.78 is 7.94. The molecular weight excluding hydrogens is 500 g/mol.